The summed E-state index contributed by atoms with van der Waals surface area (Å²) >= 11 is 3.18. The molecule has 8 nitrogen and oxygen atoms in total. The molecule has 0 radical (unpaired) electrons. The third-order valence-corrected chi connectivity index (χ3v) is 3.82. The molecule has 0 aliphatic carbocycles. The summed E-state index contributed by atoms with van der Waals surface area (Å²) in [7, 11) is 0. The highest BCUT2D eigenvalue weighted by Gasteiger charge is 2.28. The largest absolute Gasteiger partial charge is 0.545 e. The monoisotopic (exact) mass is 403 g/mol. The van der Waals surface area contributed by atoms with Crippen LogP contribution in [0.25, 0.3) is 17.4 Å². The van der Waals surface area contributed by atoms with Crippen LogP contribution in [0.15, 0.2) is 44.8 Å². The van der Waals surface area contributed by atoms with Crippen molar-refractivity contribution in [3.8, 4) is 11.3 Å². The van der Waals surface area contributed by atoms with E-state index < -0.39 is 23.8 Å². The topological polar surface area (TPSA) is 129 Å². The van der Waals surface area contributed by atoms with E-state index in [1.807, 2.05) is 10.6 Å². The maximum atomic E-state index is 11.7. The predicted molar refractivity (Wildman–Crippen MR) is 85.8 cm³/mol. The Bertz CT molecular complexity index is 937. The van der Waals surface area contributed by atoms with Crippen molar-refractivity contribution < 1.29 is 28.7 Å². The van der Waals surface area contributed by atoms with Crippen LogP contribution < -0.4 is 15.7 Å². The van der Waals surface area contributed by atoms with E-state index in [9.17, 15) is 24.3 Å². The molecule has 4 amide bonds. The lowest BCUT2D eigenvalue weighted by atomic mass is 10.1. The smallest absolute Gasteiger partial charge is 0.328 e. The molecule has 0 spiro atoms. The van der Waals surface area contributed by atoms with Crippen LogP contribution in [0.2, 0.25) is 0 Å². The van der Waals surface area contributed by atoms with Crippen molar-refractivity contribution in [1.29, 1.82) is 0 Å². The summed E-state index contributed by atoms with van der Waals surface area (Å²) in [6.07, 6.45) is 1.15. The van der Waals surface area contributed by atoms with Crippen LogP contribution in [0.4, 0.5) is 4.79 Å². The minimum absolute atomic E-state index is 0.0818. The van der Waals surface area contributed by atoms with Crippen LogP contribution in [0, 0.1) is 0 Å². The van der Waals surface area contributed by atoms with Gasteiger partial charge in [-0.1, -0.05) is 15.9 Å². The van der Waals surface area contributed by atoms with Crippen molar-refractivity contribution in [2.24, 2.45) is 0 Å². The maximum Gasteiger partial charge on any atom is 0.328 e. The minimum atomic E-state index is -1.38. The van der Waals surface area contributed by atoms with Gasteiger partial charge >= 0.3 is 6.03 Å². The summed E-state index contributed by atoms with van der Waals surface area (Å²) in [6.45, 7) is 0. The Hall–Kier alpha value is -3.20. The Labute approximate surface area is 148 Å². The number of rotatable bonds is 3. The molecule has 2 heterocycles. The highest BCUT2D eigenvalue weighted by molar-refractivity contribution is 9.10. The van der Waals surface area contributed by atoms with Gasteiger partial charge in [-0.15, -0.1) is 0 Å². The zero-order chi connectivity index (χ0) is 18.1. The first-order chi connectivity index (χ1) is 11.8. The van der Waals surface area contributed by atoms with Gasteiger partial charge in [0.05, 0.1) is 5.97 Å². The third kappa shape index (κ3) is 3.36. The Morgan fingerprint density at radius 2 is 1.76 bits per heavy atom. The standard InChI is InChI=1S/C16H9BrN2O6/c17-7-1-3-9(10(5-7)15(22)23)12-4-2-8(25-12)6-11-13(20)18-16(24)19-14(11)21/h1-6H,(H,22,23)(H2,18,19,20,21,24)/p-1. The molecule has 1 aromatic heterocycles. The van der Waals surface area contributed by atoms with Gasteiger partial charge in [-0.2, -0.15) is 0 Å². The number of urea groups is 1. The van der Waals surface area contributed by atoms with Crippen molar-refractivity contribution in [2.75, 3.05) is 0 Å². The highest BCUT2D eigenvalue weighted by atomic mass is 79.9. The fourth-order valence-electron chi connectivity index (χ4n) is 2.22. The Kier molecular flexibility index (Phi) is 4.24. The highest BCUT2D eigenvalue weighted by Crippen LogP contribution is 2.29. The SMILES string of the molecule is O=C1NC(=O)C(=Cc2ccc(-c3ccc(Br)cc3C(=O)[O-])o2)C(=O)N1. The summed E-state index contributed by atoms with van der Waals surface area (Å²) in [5.41, 5.74) is -0.112. The number of aromatic carboxylic acids is 1. The molecule has 1 saturated heterocycles. The molecule has 0 atom stereocenters. The van der Waals surface area contributed by atoms with Gasteiger partial charge in [0.1, 0.15) is 17.1 Å². The van der Waals surface area contributed by atoms with Crippen LogP contribution >= 0.6 is 15.9 Å². The second kappa shape index (κ2) is 6.36. The zero-order valence-corrected chi connectivity index (χ0v) is 13.9. The van der Waals surface area contributed by atoms with E-state index >= 15 is 0 Å². The van der Waals surface area contributed by atoms with Gasteiger partial charge < -0.3 is 14.3 Å². The van der Waals surface area contributed by atoms with Crippen LogP contribution in [0.3, 0.4) is 0 Å². The molecular weight excluding hydrogens is 396 g/mol. The number of halogens is 1. The van der Waals surface area contributed by atoms with Crippen molar-refractivity contribution in [2.45, 2.75) is 0 Å². The van der Waals surface area contributed by atoms with E-state index in [4.69, 9.17) is 4.42 Å². The van der Waals surface area contributed by atoms with Gasteiger partial charge in [0.25, 0.3) is 11.8 Å². The molecule has 126 valence electrons. The number of barbiturate groups is 1. The third-order valence-electron chi connectivity index (χ3n) is 3.32. The first-order valence-corrected chi connectivity index (χ1v) is 7.64. The number of nitrogens with one attached hydrogen (secondary N) is 2. The Morgan fingerprint density at radius 1 is 1.08 bits per heavy atom. The number of carboxylic acid groups (broad SMARTS) is 1. The molecule has 0 bridgehead atoms. The molecule has 9 heteroatoms. The normalized spacial score (nSPS) is 14.1. The van der Waals surface area contributed by atoms with Crippen LogP contribution in [-0.2, 0) is 9.59 Å². The van der Waals surface area contributed by atoms with Gasteiger partial charge in [-0.05, 0) is 36.4 Å². The van der Waals surface area contributed by atoms with Crippen molar-refractivity contribution >= 4 is 45.8 Å². The molecule has 3 rings (SSSR count). The fraction of sp³-hybridized carbons (Fsp3) is 0. The number of carboxylic acids is 1. The summed E-state index contributed by atoms with van der Waals surface area (Å²) in [5, 5.41) is 15.1. The summed E-state index contributed by atoms with van der Waals surface area (Å²) in [4.78, 5) is 45.7. The maximum absolute atomic E-state index is 11.7. The van der Waals surface area contributed by atoms with Gasteiger partial charge in [0.15, 0.2) is 0 Å². The second-order valence-electron chi connectivity index (χ2n) is 4.97. The number of carbonyl (C=O) groups excluding carboxylic acids is 4. The molecular formula is C16H8BrN2O6-. The molecule has 1 fully saturated rings. The molecule has 0 saturated carbocycles. The minimum Gasteiger partial charge on any atom is -0.545 e. The van der Waals surface area contributed by atoms with Gasteiger partial charge in [-0.3, -0.25) is 20.2 Å². The lowest BCUT2D eigenvalue weighted by molar-refractivity contribution is -0.255. The molecule has 2 N–H and O–H groups in total. The van der Waals surface area contributed by atoms with E-state index in [2.05, 4.69) is 15.9 Å². The average Bonchev–Trinajstić information content (AvgIpc) is 2.99. The number of imide groups is 2. The molecule has 1 aliphatic heterocycles. The van der Waals surface area contributed by atoms with Gasteiger partial charge in [0, 0.05) is 15.6 Å². The Balaban J connectivity index is 1.98. The molecule has 0 unspecified atom stereocenters. The average molecular weight is 404 g/mol. The van der Waals surface area contributed by atoms with E-state index in [0.717, 1.165) is 6.08 Å². The lowest BCUT2D eigenvalue weighted by Crippen LogP contribution is -2.51. The van der Waals surface area contributed by atoms with Crippen LogP contribution in [-0.4, -0.2) is 23.8 Å². The van der Waals surface area contributed by atoms with E-state index in [1.54, 1.807) is 6.07 Å². The zero-order valence-electron chi connectivity index (χ0n) is 12.3. The van der Waals surface area contributed by atoms with Gasteiger partial charge in [-0.25, -0.2) is 4.79 Å². The fourth-order valence-corrected chi connectivity index (χ4v) is 2.59. The van der Waals surface area contributed by atoms with Crippen molar-refractivity contribution in [3.05, 3.63) is 51.7 Å². The van der Waals surface area contributed by atoms with Crippen molar-refractivity contribution in [3.63, 3.8) is 0 Å². The van der Waals surface area contributed by atoms with E-state index in [0.29, 0.717) is 4.47 Å². The summed E-state index contributed by atoms with van der Waals surface area (Å²) < 4.78 is 6.06. The van der Waals surface area contributed by atoms with Gasteiger partial charge in [0.2, 0.25) is 0 Å². The number of hydrogen-bond acceptors (Lipinski definition) is 6. The first-order valence-electron chi connectivity index (χ1n) is 6.84. The molecule has 1 aliphatic rings. The van der Waals surface area contributed by atoms with Crippen LogP contribution in [0.5, 0.6) is 0 Å². The number of furan rings is 1. The first kappa shape index (κ1) is 16.7. The summed E-state index contributed by atoms with van der Waals surface area (Å²) in [6, 6.07) is 6.59. The van der Waals surface area contributed by atoms with Crippen LogP contribution in [0.1, 0.15) is 16.1 Å². The molecule has 1 aromatic carbocycles. The number of benzene rings is 1. The quantitative estimate of drug-likeness (QED) is 0.576. The Morgan fingerprint density at radius 3 is 2.40 bits per heavy atom. The molecule has 25 heavy (non-hydrogen) atoms. The predicted octanol–water partition coefficient (Wildman–Crippen LogP) is 0.822. The second-order valence-corrected chi connectivity index (χ2v) is 5.89. The number of carbonyl (C=O) groups is 4. The number of hydrogen-bond donors (Lipinski definition) is 2. The van der Waals surface area contributed by atoms with Crippen molar-refractivity contribution in [1.82, 2.24) is 10.6 Å². The van der Waals surface area contributed by atoms with E-state index in [1.165, 1.54) is 24.3 Å². The molecule has 2 aromatic rings. The number of amides is 4. The lowest BCUT2D eigenvalue weighted by Gasteiger charge is -2.13. The summed E-state index contributed by atoms with van der Waals surface area (Å²) in [5.74, 6) is -2.74. The van der Waals surface area contributed by atoms with E-state index in [-0.39, 0.29) is 28.2 Å².